The van der Waals surface area contributed by atoms with Crippen molar-refractivity contribution >= 4 is 25.8 Å². The van der Waals surface area contributed by atoms with Gasteiger partial charge in [0.15, 0.2) is 9.84 Å². The van der Waals surface area contributed by atoms with Gasteiger partial charge in [0.05, 0.1) is 16.4 Å². The van der Waals surface area contributed by atoms with Crippen molar-refractivity contribution in [3.05, 3.63) is 65.2 Å². The second kappa shape index (κ2) is 7.50. The topological polar surface area (TPSA) is 97.4 Å². The molecule has 1 N–H and O–H groups in total. The highest BCUT2D eigenvalue weighted by atomic mass is 32.2. The van der Waals surface area contributed by atoms with Gasteiger partial charge in [0.25, 0.3) is 5.91 Å². The van der Waals surface area contributed by atoms with Crippen LogP contribution in [0.5, 0.6) is 0 Å². The average molecular weight is 403 g/mol. The van der Waals surface area contributed by atoms with Gasteiger partial charge in [0.1, 0.15) is 11.6 Å². The Morgan fingerprint density at radius 2 is 1.58 bits per heavy atom. The molecule has 6 nitrogen and oxygen atoms in total. The summed E-state index contributed by atoms with van der Waals surface area (Å²) in [4.78, 5) is 11.7. The summed E-state index contributed by atoms with van der Waals surface area (Å²) in [5.74, 6) is -4.05. The van der Waals surface area contributed by atoms with Gasteiger partial charge in [0, 0.05) is 5.56 Å². The van der Waals surface area contributed by atoms with E-state index in [1.807, 2.05) is 0 Å². The SMILES string of the molecule is Cc1ccc(C(=O)NS(=O)(=O)CCS(=O)(=O)c2ccc(F)cc2)cc1F. The van der Waals surface area contributed by atoms with Gasteiger partial charge in [-0.05, 0) is 48.9 Å². The number of hydrogen-bond acceptors (Lipinski definition) is 5. The second-order valence-corrected chi connectivity index (χ2v) is 9.44. The van der Waals surface area contributed by atoms with Gasteiger partial charge in [-0.2, -0.15) is 0 Å². The zero-order valence-corrected chi connectivity index (χ0v) is 15.2. The van der Waals surface area contributed by atoms with Crippen LogP contribution < -0.4 is 4.72 Å². The van der Waals surface area contributed by atoms with E-state index in [0.717, 1.165) is 30.3 Å². The number of rotatable bonds is 6. The van der Waals surface area contributed by atoms with Crippen LogP contribution in [0.3, 0.4) is 0 Å². The molecule has 2 aromatic rings. The normalized spacial score (nSPS) is 12.0. The largest absolute Gasteiger partial charge is 0.268 e. The van der Waals surface area contributed by atoms with E-state index in [9.17, 15) is 30.4 Å². The molecule has 0 fully saturated rings. The zero-order chi connectivity index (χ0) is 19.5. The first-order chi connectivity index (χ1) is 12.0. The van der Waals surface area contributed by atoms with Crippen LogP contribution in [-0.2, 0) is 19.9 Å². The molecule has 0 radical (unpaired) electrons. The summed E-state index contributed by atoms with van der Waals surface area (Å²) >= 11 is 0. The number of hydrogen-bond donors (Lipinski definition) is 1. The molecule has 0 aliphatic heterocycles. The Bertz CT molecular complexity index is 1030. The highest BCUT2D eigenvalue weighted by molar-refractivity contribution is 7.94. The zero-order valence-electron chi connectivity index (χ0n) is 13.6. The summed E-state index contributed by atoms with van der Waals surface area (Å²) in [6.45, 7) is 1.48. The van der Waals surface area contributed by atoms with Crippen molar-refractivity contribution in [2.24, 2.45) is 0 Å². The first-order valence-electron chi connectivity index (χ1n) is 7.29. The fraction of sp³-hybridized carbons (Fsp3) is 0.188. The minimum absolute atomic E-state index is 0.210. The van der Waals surface area contributed by atoms with E-state index in [-0.39, 0.29) is 16.0 Å². The molecule has 0 aliphatic rings. The fourth-order valence-corrected chi connectivity index (χ4v) is 5.01. The van der Waals surface area contributed by atoms with E-state index in [0.29, 0.717) is 0 Å². The molecule has 0 atom stereocenters. The molecule has 0 aromatic heterocycles. The standard InChI is InChI=1S/C16H15F2NO5S2/c1-11-2-3-12(10-15(11)18)16(20)19-26(23,24)9-8-25(21,22)14-6-4-13(17)5-7-14/h2-7,10H,8-9H2,1H3,(H,19,20). The maximum atomic E-state index is 13.5. The summed E-state index contributed by atoms with van der Waals surface area (Å²) in [6.07, 6.45) is 0. The summed E-state index contributed by atoms with van der Waals surface area (Å²) in [5, 5.41) is 0. The number of nitrogens with one attached hydrogen (secondary N) is 1. The van der Waals surface area contributed by atoms with Crippen molar-refractivity contribution in [2.75, 3.05) is 11.5 Å². The molecule has 0 unspecified atom stereocenters. The van der Waals surface area contributed by atoms with Crippen molar-refractivity contribution in [3.63, 3.8) is 0 Å². The van der Waals surface area contributed by atoms with E-state index in [1.54, 1.807) is 4.72 Å². The quantitative estimate of drug-likeness (QED) is 0.742. The molecule has 0 heterocycles. The first-order valence-corrected chi connectivity index (χ1v) is 10.6. The molecular formula is C16H15F2NO5S2. The van der Waals surface area contributed by atoms with Gasteiger partial charge in [-0.3, -0.25) is 4.79 Å². The third-order valence-electron chi connectivity index (χ3n) is 3.48. The number of halogens is 2. The van der Waals surface area contributed by atoms with Gasteiger partial charge in [-0.25, -0.2) is 30.3 Å². The predicted molar refractivity (Wildman–Crippen MR) is 90.8 cm³/mol. The third kappa shape index (κ3) is 5.09. The molecule has 2 rings (SSSR count). The number of amides is 1. The molecule has 0 saturated heterocycles. The number of sulfonamides is 1. The maximum Gasteiger partial charge on any atom is 0.264 e. The van der Waals surface area contributed by atoms with Gasteiger partial charge in [-0.15, -0.1) is 0 Å². The summed E-state index contributed by atoms with van der Waals surface area (Å²) < 4.78 is 76.0. The maximum absolute atomic E-state index is 13.5. The Hall–Kier alpha value is -2.33. The molecule has 0 saturated carbocycles. The lowest BCUT2D eigenvalue weighted by molar-refractivity contribution is 0.0981. The smallest absolute Gasteiger partial charge is 0.264 e. The van der Waals surface area contributed by atoms with Crippen molar-refractivity contribution in [2.45, 2.75) is 11.8 Å². The van der Waals surface area contributed by atoms with E-state index < -0.39 is 48.9 Å². The number of aryl methyl sites for hydroxylation is 1. The molecule has 1 amide bonds. The number of carbonyl (C=O) groups is 1. The van der Waals surface area contributed by atoms with Crippen molar-refractivity contribution < 1.29 is 30.4 Å². The molecule has 26 heavy (non-hydrogen) atoms. The number of sulfone groups is 1. The Morgan fingerprint density at radius 3 is 2.15 bits per heavy atom. The van der Waals surface area contributed by atoms with E-state index in [2.05, 4.69) is 0 Å². The summed E-state index contributed by atoms with van der Waals surface area (Å²) in [6, 6.07) is 7.36. The fourth-order valence-electron chi connectivity index (χ4n) is 1.96. The van der Waals surface area contributed by atoms with Crippen molar-refractivity contribution in [3.8, 4) is 0 Å². The lowest BCUT2D eigenvalue weighted by Crippen LogP contribution is -2.34. The number of carbonyl (C=O) groups excluding carboxylic acids is 1. The monoisotopic (exact) mass is 403 g/mol. The first kappa shape index (κ1) is 20.0. The molecule has 0 bridgehead atoms. The van der Waals surface area contributed by atoms with Crippen LogP contribution in [0, 0.1) is 18.6 Å². The van der Waals surface area contributed by atoms with Crippen LogP contribution in [0.15, 0.2) is 47.4 Å². The predicted octanol–water partition coefficient (Wildman–Crippen LogP) is 1.81. The molecule has 2 aromatic carbocycles. The van der Waals surface area contributed by atoms with Crippen LogP contribution in [-0.4, -0.2) is 34.2 Å². The highest BCUT2D eigenvalue weighted by Crippen LogP contribution is 2.13. The van der Waals surface area contributed by atoms with E-state index in [1.165, 1.54) is 19.1 Å². The minimum Gasteiger partial charge on any atom is -0.268 e. The molecule has 0 aliphatic carbocycles. The van der Waals surface area contributed by atoms with Gasteiger partial charge >= 0.3 is 0 Å². The van der Waals surface area contributed by atoms with Gasteiger partial charge in [-0.1, -0.05) is 6.07 Å². The van der Waals surface area contributed by atoms with E-state index >= 15 is 0 Å². The molecular weight excluding hydrogens is 388 g/mol. The lowest BCUT2D eigenvalue weighted by Gasteiger charge is -2.08. The molecule has 10 heteroatoms. The highest BCUT2D eigenvalue weighted by Gasteiger charge is 2.22. The van der Waals surface area contributed by atoms with Gasteiger partial charge < -0.3 is 0 Å². The summed E-state index contributed by atoms with van der Waals surface area (Å²) in [7, 11) is -8.26. The van der Waals surface area contributed by atoms with Crippen LogP contribution in [0.4, 0.5) is 8.78 Å². The second-order valence-electron chi connectivity index (χ2n) is 5.49. The Kier molecular flexibility index (Phi) is 5.77. The van der Waals surface area contributed by atoms with Crippen molar-refractivity contribution in [1.82, 2.24) is 4.72 Å². The Balaban J connectivity index is 2.07. The average Bonchev–Trinajstić information content (AvgIpc) is 2.56. The van der Waals surface area contributed by atoms with Crippen LogP contribution in [0.2, 0.25) is 0 Å². The summed E-state index contributed by atoms with van der Waals surface area (Å²) in [5.41, 5.74) is 0.0767. The third-order valence-corrected chi connectivity index (χ3v) is 6.70. The molecule has 140 valence electrons. The Morgan fingerprint density at radius 1 is 0.962 bits per heavy atom. The van der Waals surface area contributed by atoms with Crippen LogP contribution in [0.1, 0.15) is 15.9 Å². The van der Waals surface area contributed by atoms with Gasteiger partial charge in [0.2, 0.25) is 10.0 Å². The van der Waals surface area contributed by atoms with Crippen LogP contribution in [0.25, 0.3) is 0 Å². The number of benzene rings is 2. The molecule has 0 spiro atoms. The Labute approximate surface area is 149 Å². The van der Waals surface area contributed by atoms with E-state index in [4.69, 9.17) is 0 Å². The van der Waals surface area contributed by atoms with Crippen molar-refractivity contribution in [1.29, 1.82) is 0 Å². The van der Waals surface area contributed by atoms with Crippen LogP contribution >= 0.6 is 0 Å². The lowest BCUT2D eigenvalue weighted by atomic mass is 10.1. The minimum atomic E-state index is -4.28.